The molecule has 0 aliphatic rings. The second-order valence-electron chi connectivity index (χ2n) is 3.64. The van der Waals surface area contributed by atoms with Gasteiger partial charge in [-0.15, -0.1) is 11.3 Å². The molecule has 92 valence electrons. The number of hydrogen-bond donors (Lipinski definition) is 1. The van der Waals surface area contributed by atoms with Crippen LogP contribution < -0.4 is 5.32 Å². The molecule has 2 rings (SSSR count). The number of halogens is 1. The Balaban J connectivity index is 1.77. The standard InChI is InChI=1S/C12H14BrNOS2/c1-16-8-11-3-2-10(15-11)5-14-6-12-4-9(13)7-17-12/h2-4,7,14H,5-6,8H2,1H3. The van der Waals surface area contributed by atoms with E-state index in [0.717, 1.165) is 34.8 Å². The highest BCUT2D eigenvalue weighted by Crippen LogP contribution is 2.19. The van der Waals surface area contributed by atoms with Crippen molar-refractivity contribution in [1.29, 1.82) is 0 Å². The monoisotopic (exact) mass is 331 g/mol. The maximum Gasteiger partial charge on any atom is 0.118 e. The van der Waals surface area contributed by atoms with E-state index in [1.807, 2.05) is 6.07 Å². The molecule has 0 fully saturated rings. The lowest BCUT2D eigenvalue weighted by molar-refractivity contribution is 0.460. The predicted octanol–water partition coefficient (Wildman–Crippen LogP) is 4.26. The molecule has 0 spiro atoms. The van der Waals surface area contributed by atoms with E-state index in [4.69, 9.17) is 4.42 Å². The van der Waals surface area contributed by atoms with E-state index < -0.39 is 0 Å². The molecule has 2 heterocycles. The first-order valence-electron chi connectivity index (χ1n) is 5.28. The topological polar surface area (TPSA) is 25.2 Å². The van der Waals surface area contributed by atoms with E-state index in [0.29, 0.717) is 0 Å². The lowest BCUT2D eigenvalue weighted by atomic mass is 10.4. The summed E-state index contributed by atoms with van der Waals surface area (Å²) in [6.07, 6.45) is 2.08. The summed E-state index contributed by atoms with van der Waals surface area (Å²) in [6.45, 7) is 1.67. The Hall–Kier alpha value is -0.230. The molecular formula is C12H14BrNOS2. The molecule has 0 aromatic carbocycles. The van der Waals surface area contributed by atoms with Gasteiger partial charge in [-0.1, -0.05) is 0 Å². The Morgan fingerprint density at radius 2 is 2.18 bits per heavy atom. The van der Waals surface area contributed by atoms with Gasteiger partial charge in [0, 0.05) is 21.3 Å². The van der Waals surface area contributed by atoms with E-state index in [9.17, 15) is 0 Å². The number of rotatable bonds is 6. The molecule has 0 radical (unpaired) electrons. The van der Waals surface area contributed by atoms with Crippen molar-refractivity contribution in [2.24, 2.45) is 0 Å². The van der Waals surface area contributed by atoms with Crippen LogP contribution in [0.2, 0.25) is 0 Å². The van der Waals surface area contributed by atoms with Gasteiger partial charge in [0.25, 0.3) is 0 Å². The fourth-order valence-electron chi connectivity index (χ4n) is 1.49. The molecule has 2 aromatic rings. The average Bonchev–Trinajstić information content (AvgIpc) is 2.89. The minimum Gasteiger partial charge on any atom is -0.464 e. The van der Waals surface area contributed by atoms with Gasteiger partial charge in [-0.05, 0) is 40.4 Å². The zero-order valence-corrected chi connectivity index (χ0v) is 12.8. The van der Waals surface area contributed by atoms with Crippen LogP contribution in [-0.4, -0.2) is 6.26 Å². The van der Waals surface area contributed by atoms with Crippen molar-refractivity contribution in [2.45, 2.75) is 18.8 Å². The predicted molar refractivity (Wildman–Crippen MR) is 78.5 cm³/mol. The third kappa shape index (κ3) is 4.17. The van der Waals surface area contributed by atoms with E-state index in [1.54, 1.807) is 23.1 Å². The highest BCUT2D eigenvalue weighted by atomic mass is 79.9. The van der Waals surface area contributed by atoms with E-state index in [-0.39, 0.29) is 0 Å². The summed E-state index contributed by atoms with van der Waals surface area (Å²) in [7, 11) is 0. The number of nitrogens with one attached hydrogen (secondary N) is 1. The molecule has 2 aromatic heterocycles. The summed E-state index contributed by atoms with van der Waals surface area (Å²) in [5.41, 5.74) is 0. The van der Waals surface area contributed by atoms with Gasteiger partial charge in [-0.3, -0.25) is 0 Å². The SMILES string of the molecule is CSCc1ccc(CNCc2cc(Br)cs2)o1. The van der Waals surface area contributed by atoms with Crippen LogP contribution in [0.1, 0.15) is 16.4 Å². The van der Waals surface area contributed by atoms with Gasteiger partial charge in [0.05, 0.1) is 12.3 Å². The van der Waals surface area contributed by atoms with Crippen LogP contribution >= 0.6 is 39.0 Å². The fraction of sp³-hybridized carbons (Fsp3) is 0.333. The third-order valence-corrected chi connectivity index (χ3v) is 4.49. The maximum absolute atomic E-state index is 5.68. The molecule has 0 unspecified atom stereocenters. The van der Waals surface area contributed by atoms with Crippen molar-refractivity contribution in [3.63, 3.8) is 0 Å². The van der Waals surface area contributed by atoms with Crippen molar-refractivity contribution in [3.05, 3.63) is 44.4 Å². The molecule has 0 bridgehead atoms. The maximum atomic E-state index is 5.68. The van der Waals surface area contributed by atoms with Crippen LogP contribution in [-0.2, 0) is 18.8 Å². The van der Waals surface area contributed by atoms with Crippen LogP contribution in [0.5, 0.6) is 0 Å². The minimum atomic E-state index is 0.782. The van der Waals surface area contributed by atoms with Gasteiger partial charge in [0.1, 0.15) is 11.5 Å². The van der Waals surface area contributed by atoms with Gasteiger partial charge >= 0.3 is 0 Å². The van der Waals surface area contributed by atoms with Crippen molar-refractivity contribution in [3.8, 4) is 0 Å². The number of thioether (sulfide) groups is 1. The first-order valence-corrected chi connectivity index (χ1v) is 8.34. The fourth-order valence-corrected chi connectivity index (χ4v) is 3.35. The lowest BCUT2D eigenvalue weighted by Crippen LogP contribution is -2.10. The van der Waals surface area contributed by atoms with Crippen molar-refractivity contribution in [1.82, 2.24) is 5.32 Å². The van der Waals surface area contributed by atoms with Crippen molar-refractivity contribution in [2.75, 3.05) is 6.26 Å². The Morgan fingerprint density at radius 3 is 2.88 bits per heavy atom. The minimum absolute atomic E-state index is 0.782. The van der Waals surface area contributed by atoms with Gasteiger partial charge < -0.3 is 9.73 Å². The molecule has 0 saturated heterocycles. The molecule has 2 nitrogen and oxygen atoms in total. The summed E-state index contributed by atoms with van der Waals surface area (Å²) in [4.78, 5) is 1.33. The highest BCUT2D eigenvalue weighted by molar-refractivity contribution is 9.10. The normalized spacial score (nSPS) is 10.9. The van der Waals surface area contributed by atoms with Crippen molar-refractivity contribution >= 4 is 39.0 Å². The highest BCUT2D eigenvalue weighted by Gasteiger charge is 2.02. The summed E-state index contributed by atoms with van der Waals surface area (Å²) < 4.78 is 6.83. The summed E-state index contributed by atoms with van der Waals surface area (Å²) in [5, 5.41) is 5.47. The second kappa shape index (κ2) is 6.64. The van der Waals surface area contributed by atoms with Crippen LogP contribution in [0.15, 0.2) is 32.5 Å². The Labute approximate surface area is 118 Å². The Morgan fingerprint density at radius 1 is 1.35 bits per heavy atom. The van der Waals surface area contributed by atoms with Crippen LogP contribution in [0.3, 0.4) is 0 Å². The molecule has 1 N–H and O–H groups in total. The first kappa shape index (κ1) is 13.2. The van der Waals surface area contributed by atoms with E-state index >= 15 is 0 Å². The largest absolute Gasteiger partial charge is 0.464 e. The summed E-state index contributed by atoms with van der Waals surface area (Å²) >= 11 is 6.98. The van der Waals surface area contributed by atoms with Gasteiger partial charge in [-0.25, -0.2) is 0 Å². The molecule has 0 saturated carbocycles. The molecule has 0 aliphatic carbocycles. The van der Waals surface area contributed by atoms with E-state index in [2.05, 4.69) is 45.0 Å². The third-order valence-electron chi connectivity index (χ3n) is 2.22. The first-order chi connectivity index (χ1) is 8.28. The smallest absolute Gasteiger partial charge is 0.118 e. The van der Waals surface area contributed by atoms with Gasteiger partial charge in [-0.2, -0.15) is 11.8 Å². The summed E-state index contributed by atoms with van der Waals surface area (Å²) in [5.74, 6) is 3.00. The number of furan rings is 1. The molecule has 0 amide bonds. The molecule has 0 aliphatic heterocycles. The van der Waals surface area contributed by atoms with Crippen LogP contribution in [0, 0.1) is 0 Å². The molecule has 0 atom stereocenters. The zero-order valence-electron chi connectivity index (χ0n) is 9.53. The zero-order chi connectivity index (χ0) is 12.1. The lowest BCUT2D eigenvalue weighted by Gasteiger charge is -2.00. The molecule has 17 heavy (non-hydrogen) atoms. The number of hydrogen-bond acceptors (Lipinski definition) is 4. The van der Waals surface area contributed by atoms with Gasteiger partial charge in [0.2, 0.25) is 0 Å². The molecule has 5 heteroatoms. The Kier molecular flexibility index (Phi) is 5.16. The number of thiophene rings is 1. The summed E-state index contributed by atoms with van der Waals surface area (Å²) in [6, 6.07) is 6.23. The van der Waals surface area contributed by atoms with Crippen LogP contribution in [0.4, 0.5) is 0 Å². The quantitative estimate of drug-likeness (QED) is 0.856. The average molecular weight is 332 g/mol. The van der Waals surface area contributed by atoms with E-state index in [1.165, 1.54) is 4.88 Å². The van der Waals surface area contributed by atoms with Crippen molar-refractivity contribution < 1.29 is 4.42 Å². The van der Waals surface area contributed by atoms with Crippen LogP contribution in [0.25, 0.3) is 0 Å². The Bertz CT molecular complexity index is 467. The van der Waals surface area contributed by atoms with Gasteiger partial charge in [0.15, 0.2) is 0 Å². The molecular weight excluding hydrogens is 318 g/mol. The second-order valence-corrected chi connectivity index (χ2v) is 6.41.